The average Bonchev–Trinajstić information content (AvgIpc) is 2.98. The van der Waals surface area contributed by atoms with Crippen molar-refractivity contribution in [1.82, 2.24) is 4.98 Å². The van der Waals surface area contributed by atoms with E-state index in [9.17, 15) is 9.90 Å². The van der Waals surface area contributed by atoms with Gasteiger partial charge in [0.2, 0.25) is 5.88 Å². The number of H-pyrrole nitrogens is 1. The Morgan fingerprint density at radius 1 is 1.22 bits per heavy atom. The largest absolute Gasteiger partial charge is 0.494 e. The molecule has 5 nitrogen and oxygen atoms in total. The molecule has 2 N–H and O–H groups in total. The van der Waals surface area contributed by atoms with E-state index < -0.39 is 0 Å². The van der Waals surface area contributed by atoms with Gasteiger partial charge in [-0.1, -0.05) is 41.7 Å². The highest BCUT2D eigenvalue weighted by molar-refractivity contribution is 7.09. The van der Waals surface area contributed by atoms with Crippen LogP contribution in [0.4, 0.5) is 0 Å². The fourth-order valence-corrected chi connectivity index (χ4v) is 3.98. The average molecular weight is 383 g/mol. The SMILES string of the molecule is CC1(COc2ccc(Cc3sc(=O)[nH]c3O)cc2)CCc2ccccc2O1. The van der Waals surface area contributed by atoms with Crippen LogP contribution in [0.1, 0.15) is 29.3 Å². The third kappa shape index (κ3) is 4.01. The summed E-state index contributed by atoms with van der Waals surface area (Å²) >= 11 is 1.03. The highest BCUT2D eigenvalue weighted by Crippen LogP contribution is 2.33. The Morgan fingerprint density at radius 3 is 2.74 bits per heavy atom. The number of rotatable bonds is 5. The molecule has 4 rings (SSSR count). The summed E-state index contributed by atoms with van der Waals surface area (Å²) in [6, 6.07) is 15.8. The number of aromatic hydroxyl groups is 1. The quantitative estimate of drug-likeness (QED) is 0.701. The lowest BCUT2D eigenvalue weighted by Crippen LogP contribution is -2.42. The number of thiazole rings is 1. The van der Waals surface area contributed by atoms with Crippen LogP contribution in [0.3, 0.4) is 0 Å². The summed E-state index contributed by atoms with van der Waals surface area (Å²) < 4.78 is 12.1. The van der Waals surface area contributed by atoms with Crippen molar-refractivity contribution in [3.8, 4) is 17.4 Å². The molecule has 1 atom stereocenters. The predicted octanol–water partition coefficient (Wildman–Crippen LogP) is 3.90. The van der Waals surface area contributed by atoms with Gasteiger partial charge in [-0.25, -0.2) is 0 Å². The monoisotopic (exact) mass is 383 g/mol. The topological polar surface area (TPSA) is 71.6 Å². The van der Waals surface area contributed by atoms with Gasteiger partial charge in [0.05, 0.1) is 4.88 Å². The highest BCUT2D eigenvalue weighted by atomic mass is 32.1. The smallest absolute Gasteiger partial charge is 0.307 e. The molecule has 2 heterocycles. The minimum Gasteiger partial charge on any atom is -0.494 e. The number of aromatic amines is 1. The van der Waals surface area contributed by atoms with Gasteiger partial charge in [0.25, 0.3) is 0 Å². The Labute approximate surface area is 161 Å². The van der Waals surface area contributed by atoms with Crippen LogP contribution < -0.4 is 14.3 Å². The van der Waals surface area contributed by atoms with E-state index in [1.165, 1.54) is 5.56 Å². The summed E-state index contributed by atoms with van der Waals surface area (Å²) in [7, 11) is 0. The fraction of sp³-hybridized carbons (Fsp3) is 0.286. The van der Waals surface area contributed by atoms with Crippen molar-refractivity contribution >= 4 is 11.3 Å². The number of aromatic nitrogens is 1. The Balaban J connectivity index is 1.38. The highest BCUT2D eigenvalue weighted by Gasteiger charge is 2.32. The number of hydrogen-bond acceptors (Lipinski definition) is 5. The van der Waals surface area contributed by atoms with Crippen LogP contribution in [-0.4, -0.2) is 22.3 Å². The maximum Gasteiger partial charge on any atom is 0.307 e. The zero-order valence-corrected chi connectivity index (χ0v) is 15.8. The number of fused-ring (bicyclic) bond motifs is 1. The minimum absolute atomic E-state index is 0.0482. The van der Waals surface area contributed by atoms with Gasteiger partial charge >= 0.3 is 4.87 Å². The lowest BCUT2D eigenvalue weighted by Gasteiger charge is -2.35. The number of hydrogen-bond donors (Lipinski definition) is 2. The van der Waals surface area contributed by atoms with Crippen LogP contribution in [0, 0.1) is 0 Å². The van der Waals surface area contributed by atoms with Gasteiger partial charge in [0.15, 0.2) is 0 Å². The van der Waals surface area contributed by atoms with E-state index >= 15 is 0 Å². The molecular formula is C21H21NO4S. The molecule has 1 aliphatic heterocycles. The molecule has 1 aromatic heterocycles. The summed E-state index contributed by atoms with van der Waals surface area (Å²) in [6.07, 6.45) is 2.40. The third-order valence-electron chi connectivity index (χ3n) is 4.78. The van der Waals surface area contributed by atoms with Crippen LogP contribution in [-0.2, 0) is 12.8 Å². The summed E-state index contributed by atoms with van der Waals surface area (Å²) in [5.74, 6) is 1.66. The van der Waals surface area contributed by atoms with E-state index in [0.29, 0.717) is 17.9 Å². The molecule has 0 fully saturated rings. The Morgan fingerprint density at radius 2 is 2.00 bits per heavy atom. The number of aryl methyl sites for hydroxylation is 1. The maximum absolute atomic E-state index is 11.3. The van der Waals surface area contributed by atoms with Crippen molar-refractivity contribution in [2.24, 2.45) is 0 Å². The summed E-state index contributed by atoms with van der Waals surface area (Å²) in [6.45, 7) is 2.55. The van der Waals surface area contributed by atoms with Gasteiger partial charge in [0.1, 0.15) is 23.7 Å². The van der Waals surface area contributed by atoms with Crippen molar-refractivity contribution in [2.45, 2.75) is 31.8 Å². The number of nitrogens with one attached hydrogen (secondary N) is 1. The molecule has 3 aromatic rings. The molecule has 0 bridgehead atoms. The first kappa shape index (κ1) is 17.7. The molecule has 140 valence electrons. The van der Waals surface area contributed by atoms with Crippen LogP contribution in [0.2, 0.25) is 0 Å². The van der Waals surface area contributed by atoms with E-state index in [0.717, 1.165) is 41.2 Å². The van der Waals surface area contributed by atoms with Gasteiger partial charge in [-0.05, 0) is 49.1 Å². The van der Waals surface area contributed by atoms with Gasteiger partial charge in [-0.15, -0.1) is 0 Å². The van der Waals surface area contributed by atoms with E-state index in [1.54, 1.807) is 0 Å². The zero-order valence-electron chi connectivity index (χ0n) is 15.0. The van der Waals surface area contributed by atoms with Crippen molar-refractivity contribution < 1.29 is 14.6 Å². The summed E-state index contributed by atoms with van der Waals surface area (Å²) in [5, 5.41) is 9.69. The summed E-state index contributed by atoms with van der Waals surface area (Å²) in [5.41, 5.74) is 1.90. The van der Waals surface area contributed by atoms with E-state index in [1.807, 2.05) is 42.5 Å². The van der Waals surface area contributed by atoms with Gasteiger partial charge < -0.3 is 14.6 Å². The lowest BCUT2D eigenvalue weighted by atomic mass is 9.93. The van der Waals surface area contributed by atoms with Crippen molar-refractivity contribution in [2.75, 3.05) is 6.61 Å². The maximum atomic E-state index is 11.3. The van der Waals surface area contributed by atoms with E-state index in [2.05, 4.69) is 18.0 Å². The predicted molar refractivity (Wildman–Crippen MR) is 105 cm³/mol. The number of ether oxygens (including phenoxy) is 2. The first-order chi connectivity index (χ1) is 13.0. The van der Waals surface area contributed by atoms with Crippen molar-refractivity contribution in [3.63, 3.8) is 0 Å². The molecule has 0 amide bonds. The van der Waals surface area contributed by atoms with Gasteiger partial charge in [-0.2, -0.15) is 0 Å². The van der Waals surface area contributed by atoms with E-state index in [4.69, 9.17) is 9.47 Å². The number of para-hydroxylation sites is 1. The molecule has 1 unspecified atom stereocenters. The summed E-state index contributed by atoms with van der Waals surface area (Å²) in [4.78, 5) is 14.0. The second kappa shape index (κ2) is 7.12. The molecular weight excluding hydrogens is 362 g/mol. The Bertz CT molecular complexity index is 992. The molecule has 0 saturated carbocycles. The first-order valence-electron chi connectivity index (χ1n) is 8.90. The van der Waals surface area contributed by atoms with Gasteiger partial charge in [-0.3, -0.25) is 9.78 Å². The van der Waals surface area contributed by atoms with Crippen LogP contribution >= 0.6 is 11.3 Å². The van der Waals surface area contributed by atoms with Crippen LogP contribution in [0.15, 0.2) is 53.3 Å². The Hall–Kier alpha value is -2.73. The zero-order chi connectivity index (χ0) is 18.9. The standard InChI is InChI=1S/C21H21NO4S/c1-21(11-10-15-4-2-3-5-17(15)26-21)13-25-16-8-6-14(7-9-16)12-18-19(23)22-20(24)27-18/h2-9,23H,10-13H2,1H3,(H,22,24). The first-order valence-corrected chi connectivity index (χ1v) is 9.72. The number of benzene rings is 2. The molecule has 0 spiro atoms. The third-order valence-corrected chi connectivity index (χ3v) is 5.66. The van der Waals surface area contributed by atoms with Gasteiger partial charge in [0, 0.05) is 6.42 Å². The van der Waals surface area contributed by atoms with Crippen LogP contribution in [0.25, 0.3) is 0 Å². The second-order valence-electron chi connectivity index (χ2n) is 7.06. The molecule has 1 aliphatic rings. The lowest BCUT2D eigenvalue weighted by molar-refractivity contribution is 0.0176. The van der Waals surface area contributed by atoms with Crippen molar-refractivity contribution in [3.05, 3.63) is 74.2 Å². The second-order valence-corrected chi connectivity index (χ2v) is 8.12. The molecule has 0 aliphatic carbocycles. The van der Waals surface area contributed by atoms with Crippen LogP contribution in [0.5, 0.6) is 17.4 Å². The normalized spacial score (nSPS) is 18.6. The molecule has 0 saturated heterocycles. The van der Waals surface area contributed by atoms with E-state index in [-0.39, 0.29) is 16.4 Å². The van der Waals surface area contributed by atoms with Crippen molar-refractivity contribution in [1.29, 1.82) is 0 Å². The fourth-order valence-electron chi connectivity index (χ4n) is 3.22. The minimum atomic E-state index is -0.351. The molecule has 27 heavy (non-hydrogen) atoms. The Kier molecular flexibility index (Phi) is 4.66. The molecule has 2 aromatic carbocycles. The molecule has 0 radical (unpaired) electrons. The molecule has 6 heteroatoms.